The van der Waals surface area contributed by atoms with Crippen molar-refractivity contribution in [2.45, 2.75) is 12.8 Å². The summed E-state index contributed by atoms with van der Waals surface area (Å²) in [6.07, 6.45) is 7.02. The molecule has 1 aliphatic heterocycles. The van der Waals surface area contributed by atoms with Gasteiger partial charge in [0.05, 0.1) is 23.0 Å². The van der Waals surface area contributed by atoms with Crippen LogP contribution >= 0.6 is 0 Å². The number of rotatable bonds is 3. The van der Waals surface area contributed by atoms with Gasteiger partial charge >= 0.3 is 0 Å². The Morgan fingerprint density at radius 2 is 2.00 bits per heavy atom. The lowest BCUT2D eigenvalue weighted by molar-refractivity contribution is 0.0727. The number of likely N-dealkylation sites (tertiary alicyclic amines) is 1. The molecule has 1 aliphatic carbocycles. The molecule has 146 valence electrons. The maximum absolute atomic E-state index is 13.6. The van der Waals surface area contributed by atoms with Crippen LogP contribution in [0.2, 0.25) is 0 Å². The highest BCUT2D eigenvalue weighted by Crippen LogP contribution is 2.45. The lowest BCUT2D eigenvalue weighted by atomic mass is 9.65. The van der Waals surface area contributed by atoms with Crippen molar-refractivity contribution in [3.8, 4) is 5.69 Å². The molecule has 5 nitrogen and oxygen atoms in total. The summed E-state index contributed by atoms with van der Waals surface area (Å²) in [5.41, 5.74) is 3.82. The number of fused-ring (bicyclic) bond motifs is 2. The monoisotopic (exact) mass is 388 g/mol. The SMILES string of the molecule is CN1CCC2=Cc3c(cnn3-c3ccc(F)cc3)C[C@]2(C(=O)c2ccccn2)C1. The van der Waals surface area contributed by atoms with Crippen molar-refractivity contribution in [2.75, 3.05) is 20.1 Å². The van der Waals surface area contributed by atoms with Crippen molar-refractivity contribution in [2.24, 2.45) is 5.41 Å². The Morgan fingerprint density at radius 1 is 1.17 bits per heavy atom. The van der Waals surface area contributed by atoms with Crippen LogP contribution in [-0.2, 0) is 6.42 Å². The van der Waals surface area contributed by atoms with Crippen LogP contribution in [0.3, 0.4) is 0 Å². The topological polar surface area (TPSA) is 51.0 Å². The first-order valence-corrected chi connectivity index (χ1v) is 9.75. The van der Waals surface area contributed by atoms with E-state index in [4.69, 9.17) is 0 Å². The van der Waals surface area contributed by atoms with Crippen LogP contribution in [-0.4, -0.2) is 45.6 Å². The highest BCUT2D eigenvalue weighted by molar-refractivity contribution is 6.02. The van der Waals surface area contributed by atoms with Crippen LogP contribution in [0.15, 0.2) is 60.4 Å². The molecule has 0 amide bonds. The number of ketones is 1. The fourth-order valence-corrected chi connectivity index (χ4v) is 4.57. The zero-order valence-electron chi connectivity index (χ0n) is 16.2. The molecule has 6 heteroatoms. The van der Waals surface area contributed by atoms with Gasteiger partial charge in [-0.25, -0.2) is 9.07 Å². The fraction of sp³-hybridized carbons (Fsp3) is 0.261. The summed E-state index contributed by atoms with van der Waals surface area (Å²) < 4.78 is 15.2. The van der Waals surface area contributed by atoms with E-state index < -0.39 is 5.41 Å². The van der Waals surface area contributed by atoms with E-state index in [1.807, 2.05) is 23.0 Å². The highest BCUT2D eigenvalue weighted by atomic mass is 19.1. The number of hydrogen-bond acceptors (Lipinski definition) is 4. The highest BCUT2D eigenvalue weighted by Gasteiger charge is 2.48. The molecule has 1 aromatic carbocycles. The third-order valence-electron chi connectivity index (χ3n) is 6.01. The van der Waals surface area contributed by atoms with Crippen LogP contribution in [0.4, 0.5) is 4.39 Å². The number of piperidine rings is 1. The number of Topliss-reactive ketones (excluding diaryl/α,β-unsaturated/α-hetero) is 1. The van der Waals surface area contributed by atoms with Gasteiger partial charge in [-0.1, -0.05) is 11.6 Å². The third kappa shape index (κ3) is 2.91. The van der Waals surface area contributed by atoms with Crippen LogP contribution in [0.5, 0.6) is 0 Å². The second kappa shape index (κ2) is 6.74. The van der Waals surface area contributed by atoms with E-state index in [-0.39, 0.29) is 11.6 Å². The Balaban J connectivity index is 1.61. The molecule has 0 N–H and O–H groups in total. The first kappa shape index (κ1) is 17.9. The van der Waals surface area contributed by atoms with Gasteiger partial charge in [0.2, 0.25) is 0 Å². The number of hydrogen-bond donors (Lipinski definition) is 0. The molecule has 1 fully saturated rings. The molecule has 0 bridgehead atoms. The maximum Gasteiger partial charge on any atom is 0.192 e. The molecule has 0 spiro atoms. The van der Waals surface area contributed by atoms with E-state index in [1.54, 1.807) is 24.4 Å². The second-order valence-corrected chi connectivity index (χ2v) is 7.90. The Kier molecular flexibility index (Phi) is 4.17. The molecule has 2 aromatic heterocycles. The average molecular weight is 388 g/mol. The van der Waals surface area contributed by atoms with Crippen LogP contribution < -0.4 is 0 Å². The van der Waals surface area contributed by atoms with E-state index in [0.29, 0.717) is 18.7 Å². The minimum atomic E-state index is -0.620. The van der Waals surface area contributed by atoms with Gasteiger partial charge in [-0.05, 0) is 67.9 Å². The largest absolute Gasteiger partial charge is 0.305 e. The molecule has 1 saturated heterocycles. The van der Waals surface area contributed by atoms with Gasteiger partial charge in [0.25, 0.3) is 0 Å². The lowest BCUT2D eigenvalue weighted by Gasteiger charge is -2.44. The number of carbonyl (C=O) groups is 1. The predicted octanol–water partition coefficient (Wildman–Crippen LogP) is 3.55. The second-order valence-electron chi connectivity index (χ2n) is 7.90. The number of nitrogens with zero attached hydrogens (tertiary/aromatic N) is 4. The van der Waals surface area contributed by atoms with Gasteiger partial charge in [-0.2, -0.15) is 5.10 Å². The van der Waals surface area contributed by atoms with Crippen molar-refractivity contribution in [3.63, 3.8) is 0 Å². The lowest BCUT2D eigenvalue weighted by Crippen LogP contribution is -2.50. The van der Waals surface area contributed by atoms with E-state index in [1.165, 1.54) is 12.1 Å². The van der Waals surface area contributed by atoms with E-state index in [9.17, 15) is 9.18 Å². The quantitative estimate of drug-likeness (QED) is 0.644. The number of aromatic nitrogens is 3. The number of benzene rings is 1. The first-order chi connectivity index (χ1) is 14.1. The van der Waals surface area contributed by atoms with Crippen molar-refractivity contribution in [1.29, 1.82) is 0 Å². The van der Waals surface area contributed by atoms with E-state index in [2.05, 4.69) is 28.1 Å². The maximum atomic E-state index is 13.6. The summed E-state index contributed by atoms with van der Waals surface area (Å²) in [7, 11) is 2.06. The standard InChI is InChI=1S/C23H21FN4O/c1-27-11-9-17-12-21-16(14-26-28(21)19-7-5-18(24)6-8-19)13-23(17,15-27)22(29)20-4-2-3-10-25-20/h2-8,10,12,14H,9,11,13,15H2,1H3/t23-/m0/s1. The van der Waals surface area contributed by atoms with Crippen LogP contribution in [0, 0.1) is 11.2 Å². The van der Waals surface area contributed by atoms with Gasteiger partial charge in [-0.3, -0.25) is 9.78 Å². The van der Waals surface area contributed by atoms with Crippen molar-refractivity contribution >= 4 is 11.9 Å². The Labute approximate surface area is 168 Å². The average Bonchev–Trinajstić information content (AvgIpc) is 3.15. The summed E-state index contributed by atoms with van der Waals surface area (Å²) in [6, 6.07) is 11.8. The zero-order chi connectivity index (χ0) is 20.0. The van der Waals surface area contributed by atoms with Crippen LogP contribution in [0.25, 0.3) is 11.8 Å². The Morgan fingerprint density at radius 3 is 2.76 bits per heavy atom. The molecule has 1 atom stereocenters. The van der Waals surface area contributed by atoms with Gasteiger partial charge in [-0.15, -0.1) is 0 Å². The van der Waals surface area contributed by atoms with Crippen molar-refractivity contribution in [1.82, 2.24) is 19.7 Å². The van der Waals surface area contributed by atoms with E-state index in [0.717, 1.165) is 35.5 Å². The number of carbonyl (C=O) groups excluding carboxylic acids is 1. The predicted molar refractivity (Wildman–Crippen MR) is 108 cm³/mol. The molecular weight excluding hydrogens is 367 g/mol. The Bertz CT molecular complexity index is 1100. The van der Waals surface area contributed by atoms with Crippen LogP contribution in [0.1, 0.15) is 28.2 Å². The molecular formula is C23H21FN4O. The van der Waals surface area contributed by atoms with Crippen molar-refractivity contribution < 1.29 is 9.18 Å². The number of halogens is 1. The molecule has 5 rings (SSSR count). The van der Waals surface area contributed by atoms with Gasteiger partial charge in [0.15, 0.2) is 5.78 Å². The minimum absolute atomic E-state index is 0.0658. The van der Waals surface area contributed by atoms with Gasteiger partial charge in [0.1, 0.15) is 11.5 Å². The normalized spacial score (nSPS) is 21.2. The first-order valence-electron chi connectivity index (χ1n) is 9.75. The molecule has 0 saturated carbocycles. The molecule has 29 heavy (non-hydrogen) atoms. The summed E-state index contributed by atoms with van der Waals surface area (Å²) in [5.74, 6) is -0.209. The van der Waals surface area contributed by atoms with Gasteiger partial charge in [0, 0.05) is 19.3 Å². The summed E-state index contributed by atoms with van der Waals surface area (Å²) in [5, 5.41) is 4.55. The minimum Gasteiger partial charge on any atom is -0.305 e. The van der Waals surface area contributed by atoms with Crippen molar-refractivity contribution in [3.05, 3.63) is 83.2 Å². The third-order valence-corrected chi connectivity index (χ3v) is 6.01. The smallest absolute Gasteiger partial charge is 0.192 e. The zero-order valence-corrected chi connectivity index (χ0v) is 16.2. The molecule has 2 aliphatic rings. The summed E-state index contributed by atoms with van der Waals surface area (Å²) >= 11 is 0. The molecule has 3 heterocycles. The van der Waals surface area contributed by atoms with Gasteiger partial charge < -0.3 is 4.90 Å². The molecule has 0 unspecified atom stereocenters. The molecule has 0 radical (unpaired) electrons. The summed E-state index contributed by atoms with van der Waals surface area (Å²) in [6.45, 7) is 1.57. The van der Waals surface area contributed by atoms with E-state index >= 15 is 0 Å². The summed E-state index contributed by atoms with van der Waals surface area (Å²) in [4.78, 5) is 20.2. The number of pyridine rings is 1. The molecule has 3 aromatic rings. The Hall–Kier alpha value is -3.12. The fourth-order valence-electron chi connectivity index (χ4n) is 4.57.